The molecule has 0 spiro atoms. The van der Waals surface area contributed by atoms with Crippen LogP contribution in [0.3, 0.4) is 0 Å². The lowest BCUT2D eigenvalue weighted by Crippen LogP contribution is -2.23. The standard InChI is InChI=1S/C17H16ClN3O3/c18-13-6-3-11(4-7-13)14-2-1-9-20(14)15-8-5-12(17(19)22)10-16(15)21(23)24/h3-8,10,14H,1-2,9H2,(H2,19,22)/t14-/m1/s1. The number of amides is 1. The van der Waals surface area contributed by atoms with Gasteiger partial charge in [0.15, 0.2) is 0 Å². The first kappa shape index (κ1) is 16.3. The van der Waals surface area contributed by atoms with Crippen molar-refractivity contribution >= 4 is 28.9 Å². The predicted molar refractivity (Wildman–Crippen MR) is 92.4 cm³/mol. The molecule has 1 atom stereocenters. The minimum Gasteiger partial charge on any atom is -0.366 e. The Morgan fingerprint density at radius 1 is 1.25 bits per heavy atom. The molecule has 1 amide bonds. The smallest absolute Gasteiger partial charge is 0.293 e. The van der Waals surface area contributed by atoms with Gasteiger partial charge in [0, 0.05) is 23.2 Å². The van der Waals surface area contributed by atoms with Gasteiger partial charge in [-0.15, -0.1) is 0 Å². The van der Waals surface area contributed by atoms with Crippen molar-refractivity contribution in [1.29, 1.82) is 0 Å². The number of nitro benzene ring substituents is 1. The number of rotatable bonds is 4. The summed E-state index contributed by atoms with van der Waals surface area (Å²) in [7, 11) is 0. The molecule has 1 aliphatic rings. The zero-order valence-corrected chi connectivity index (χ0v) is 13.6. The minimum absolute atomic E-state index is 0.0420. The average Bonchev–Trinajstić information content (AvgIpc) is 3.04. The molecule has 6 nitrogen and oxygen atoms in total. The third-order valence-corrected chi connectivity index (χ3v) is 4.53. The van der Waals surface area contributed by atoms with Gasteiger partial charge < -0.3 is 10.6 Å². The number of halogens is 1. The van der Waals surface area contributed by atoms with Crippen LogP contribution in [0.5, 0.6) is 0 Å². The van der Waals surface area contributed by atoms with Gasteiger partial charge in [-0.25, -0.2) is 0 Å². The molecule has 1 fully saturated rings. The lowest BCUT2D eigenvalue weighted by Gasteiger charge is -2.27. The molecule has 7 heteroatoms. The summed E-state index contributed by atoms with van der Waals surface area (Å²) in [5.74, 6) is -0.680. The third kappa shape index (κ3) is 3.05. The van der Waals surface area contributed by atoms with Crippen LogP contribution in [-0.2, 0) is 0 Å². The Balaban J connectivity index is 2.02. The van der Waals surface area contributed by atoms with Crippen molar-refractivity contribution in [3.05, 3.63) is 68.7 Å². The number of hydrogen-bond acceptors (Lipinski definition) is 4. The van der Waals surface area contributed by atoms with Crippen LogP contribution in [0.4, 0.5) is 11.4 Å². The van der Waals surface area contributed by atoms with Crippen molar-refractivity contribution in [2.45, 2.75) is 18.9 Å². The van der Waals surface area contributed by atoms with Gasteiger partial charge in [-0.05, 0) is 42.7 Å². The average molecular weight is 346 g/mol. The number of carbonyl (C=O) groups is 1. The Morgan fingerprint density at radius 3 is 2.58 bits per heavy atom. The van der Waals surface area contributed by atoms with E-state index in [4.69, 9.17) is 17.3 Å². The van der Waals surface area contributed by atoms with Crippen molar-refractivity contribution in [1.82, 2.24) is 0 Å². The maximum atomic E-state index is 11.5. The Bertz CT molecular complexity index is 792. The van der Waals surface area contributed by atoms with Crippen LogP contribution in [-0.4, -0.2) is 17.4 Å². The van der Waals surface area contributed by atoms with Crippen LogP contribution in [0.15, 0.2) is 42.5 Å². The monoisotopic (exact) mass is 345 g/mol. The fourth-order valence-corrected chi connectivity index (χ4v) is 3.28. The molecular weight excluding hydrogens is 330 g/mol. The van der Waals surface area contributed by atoms with Crippen LogP contribution in [0.25, 0.3) is 0 Å². The van der Waals surface area contributed by atoms with E-state index in [9.17, 15) is 14.9 Å². The topological polar surface area (TPSA) is 89.5 Å². The first-order chi connectivity index (χ1) is 11.5. The summed E-state index contributed by atoms with van der Waals surface area (Å²) in [5, 5.41) is 12.1. The molecule has 0 radical (unpaired) electrons. The van der Waals surface area contributed by atoms with Crippen LogP contribution in [0, 0.1) is 10.1 Å². The van der Waals surface area contributed by atoms with E-state index in [-0.39, 0.29) is 17.3 Å². The van der Waals surface area contributed by atoms with Gasteiger partial charge in [-0.1, -0.05) is 23.7 Å². The molecule has 124 valence electrons. The van der Waals surface area contributed by atoms with E-state index in [1.54, 1.807) is 6.07 Å². The highest BCUT2D eigenvalue weighted by atomic mass is 35.5. The number of benzene rings is 2. The molecule has 24 heavy (non-hydrogen) atoms. The quantitative estimate of drug-likeness (QED) is 0.676. The van der Waals surface area contributed by atoms with E-state index in [1.165, 1.54) is 12.1 Å². The summed E-state index contributed by atoms with van der Waals surface area (Å²) in [4.78, 5) is 24.3. The first-order valence-electron chi connectivity index (χ1n) is 7.57. The fourth-order valence-electron chi connectivity index (χ4n) is 3.15. The number of carbonyl (C=O) groups excluding carboxylic acids is 1. The highest BCUT2D eigenvalue weighted by Gasteiger charge is 2.31. The summed E-state index contributed by atoms with van der Waals surface area (Å²) in [6.07, 6.45) is 1.83. The van der Waals surface area contributed by atoms with Crippen molar-refractivity contribution in [2.24, 2.45) is 5.73 Å². The normalized spacial score (nSPS) is 17.0. The molecule has 2 N–H and O–H groups in total. The number of anilines is 1. The number of nitrogens with zero attached hydrogens (tertiary/aromatic N) is 2. The molecule has 0 bridgehead atoms. The predicted octanol–water partition coefficient (Wildman–Crippen LogP) is 3.69. The lowest BCUT2D eigenvalue weighted by molar-refractivity contribution is -0.384. The summed E-state index contributed by atoms with van der Waals surface area (Å²) in [6.45, 7) is 0.712. The van der Waals surface area contributed by atoms with E-state index in [0.29, 0.717) is 17.3 Å². The van der Waals surface area contributed by atoms with Gasteiger partial charge in [0.1, 0.15) is 5.69 Å². The zero-order chi connectivity index (χ0) is 17.3. The van der Waals surface area contributed by atoms with Crippen molar-refractivity contribution in [3.63, 3.8) is 0 Å². The Kier molecular flexibility index (Phi) is 4.40. The molecule has 2 aromatic carbocycles. The second-order valence-corrected chi connectivity index (χ2v) is 6.16. The van der Waals surface area contributed by atoms with Gasteiger partial charge >= 0.3 is 0 Å². The van der Waals surface area contributed by atoms with Crippen molar-refractivity contribution < 1.29 is 9.72 Å². The minimum atomic E-state index is -0.680. The Hall–Kier alpha value is -2.60. The molecule has 1 heterocycles. The van der Waals surface area contributed by atoms with Gasteiger partial charge in [0.25, 0.3) is 5.69 Å². The summed E-state index contributed by atoms with van der Waals surface area (Å²) >= 11 is 5.94. The van der Waals surface area contributed by atoms with Crippen molar-refractivity contribution in [3.8, 4) is 0 Å². The van der Waals surface area contributed by atoms with E-state index < -0.39 is 10.8 Å². The zero-order valence-electron chi connectivity index (χ0n) is 12.8. The molecular formula is C17H16ClN3O3. The maximum absolute atomic E-state index is 11.5. The van der Waals surface area contributed by atoms with Crippen LogP contribution < -0.4 is 10.6 Å². The summed E-state index contributed by atoms with van der Waals surface area (Å²) < 4.78 is 0. The maximum Gasteiger partial charge on any atom is 0.293 e. The molecule has 1 aliphatic heterocycles. The lowest BCUT2D eigenvalue weighted by atomic mass is 10.0. The van der Waals surface area contributed by atoms with E-state index in [1.807, 2.05) is 29.2 Å². The van der Waals surface area contributed by atoms with Gasteiger partial charge in [0.05, 0.1) is 11.0 Å². The number of hydrogen-bond donors (Lipinski definition) is 1. The van der Waals surface area contributed by atoms with Crippen LogP contribution >= 0.6 is 11.6 Å². The van der Waals surface area contributed by atoms with E-state index >= 15 is 0 Å². The molecule has 2 aromatic rings. The van der Waals surface area contributed by atoms with Crippen LogP contribution in [0.2, 0.25) is 5.02 Å². The number of nitro groups is 1. The van der Waals surface area contributed by atoms with Gasteiger partial charge in [-0.2, -0.15) is 0 Å². The third-order valence-electron chi connectivity index (χ3n) is 4.27. The number of primary amides is 1. The second-order valence-electron chi connectivity index (χ2n) is 5.73. The highest BCUT2D eigenvalue weighted by molar-refractivity contribution is 6.30. The highest BCUT2D eigenvalue weighted by Crippen LogP contribution is 2.40. The Morgan fingerprint density at radius 2 is 1.96 bits per heavy atom. The SMILES string of the molecule is NC(=O)c1ccc(N2CCC[C@@H]2c2ccc(Cl)cc2)c([N+](=O)[O-])c1. The number of nitrogens with two attached hydrogens (primary N) is 1. The van der Waals surface area contributed by atoms with Crippen LogP contribution in [0.1, 0.15) is 34.8 Å². The largest absolute Gasteiger partial charge is 0.366 e. The Labute approximate surface area is 144 Å². The summed E-state index contributed by atoms with van der Waals surface area (Å²) in [6, 6.07) is 11.9. The summed E-state index contributed by atoms with van der Waals surface area (Å²) in [5.41, 5.74) is 6.82. The molecule has 0 saturated carbocycles. The first-order valence-corrected chi connectivity index (χ1v) is 7.95. The van der Waals surface area contributed by atoms with Gasteiger partial charge in [0.2, 0.25) is 5.91 Å². The van der Waals surface area contributed by atoms with E-state index in [2.05, 4.69) is 0 Å². The molecule has 0 aliphatic carbocycles. The van der Waals surface area contributed by atoms with Gasteiger partial charge in [-0.3, -0.25) is 14.9 Å². The fraction of sp³-hybridized carbons (Fsp3) is 0.235. The second kappa shape index (κ2) is 6.49. The van der Waals surface area contributed by atoms with E-state index in [0.717, 1.165) is 18.4 Å². The molecule has 0 unspecified atom stereocenters. The van der Waals surface area contributed by atoms with Crippen molar-refractivity contribution in [2.75, 3.05) is 11.4 Å². The molecule has 0 aromatic heterocycles. The molecule has 1 saturated heterocycles. The molecule has 3 rings (SSSR count).